The fraction of sp³-hybridized carbons (Fsp3) is 1.00. The fourth-order valence-electron chi connectivity index (χ4n) is 3.65. The van der Waals surface area contributed by atoms with Crippen molar-refractivity contribution >= 4 is 12.4 Å². The molecule has 4 heteroatoms. The van der Waals surface area contributed by atoms with Gasteiger partial charge in [-0.2, -0.15) is 0 Å². The predicted octanol–water partition coefficient (Wildman–Crippen LogP) is 2.28. The Balaban J connectivity index is 0.00000180. The third-order valence-corrected chi connectivity index (χ3v) is 4.72. The first-order valence-corrected chi connectivity index (χ1v) is 7.76. The van der Waals surface area contributed by atoms with E-state index in [1.807, 2.05) is 0 Å². The second kappa shape index (κ2) is 8.46. The summed E-state index contributed by atoms with van der Waals surface area (Å²) in [5.41, 5.74) is 0.420. The number of aliphatic hydroxyl groups excluding tert-OH is 1. The number of hydrogen-bond donors (Lipinski definition) is 2. The van der Waals surface area contributed by atoms with Crippen molar-refractivity contribution in [1.82, 2.24) is 10.2 Å². The molecule has 1 aliphatic carbocycles. The third-order valence-electron chi connectivity index (χ3n) is 4.72. The van der Waals surface area contributed by atoms with Crippen LogP contribution in [0, 0.1) is 11.3 Å². The summed E-state index contributed by atoms with van der Waals surface area (Å²) in [6, 6.07) is 0. The van der Waals surface area contributed by atoms with Gasteiger partial charge in [0.25, 0.3) is 0 Å². The van der Waals surface area contributed by atoms with Crippen LogP contribution in [-0.2, 0) is 0 Å². The lowest BCUT2D eigenvalue weighted by Gasteiger charge is -2.35. The van der Waals surface area contributed by atoms with Crippen molar-refractivity contribution in [3.63, 3.8) is 0 Å². The molecule has 0 spiro atoms. The van der Waals surface area contributed by atoms with Gasteiger partial charge in [-0.15, -0.1) is 12.4 Å². The van der Waals surface area contributed by atoms with Gasteiger partial charge in [-0.3, -0.25) is 0 Å². The van der Waals surface area contributed by atoms with Crippen LogP contribution in [0.3, 0.4) is 0 Å². The molecule has 1 heterocycles. The van der Waals surface area contributed by atoms with E-state index in [1.165, 1.54) is 45.1 Å². The van der Waals surface area contributed by atoms with Gasteiger partial charge in [-0.25, -0.2) is 0 Å². The van der Waals surface area contributed by atoms with Crippen molar-refractivity contribution in [2.24, 2.45) is 11.3 Å². The number of nitrogens with zero attached hydrogens (tertiary/aromatic N) is 1. The van der Waals surface area contributed by atoms with Crippen LogP contribution in [0.4, 0.5) is 0 Å². The van der Waals surface area contributed by atoms with Gasteiger partial charge in [0.1, 0.15) is 0 Å². The Labute approximate surface area is 124 Å². The fourth-order valence-corrected chi connectivity index (χ4v) is 3.65. The number of nitrogens with one attached hydrogen (secondary N) is 1. The van der Waals surface area contributed by atoms with Crippen LogP contribution in [0.2, 0.25) is 0 Å². The Kier molecular flexibility index (Phi) is 7.66. The number of hydrogen-bond acceptors (Lipinski definition) is 3. The molecule has 114 valence electrons. The Morgan fingerprint density at radius 3 is 2.58 bits per heavy atom. The average molecular weight is 291 g/mol. The Morgan fingerprint density at radius 2 is 2.00 bits per heavy atom. The van der Waals surface area contributed by atoms with Crippen LogP contribution < -0.4 is 5.32 Å². The molecule has 2 N–H and O–H groups in total. The lowest BCUT2D eigenvalue weighted by molar-refractivity contribution is 0.117. The highest BCUT2D eigenvalue weighted by Crippen LogP contribution is 2.28. The normalized spacial score (nSPS) is 28.6. The summed E-state index contributed by atoms with van der Waals surface area (Å²) in [6.45, 7) is 8.19. The van der Waals surface area contributed by atoms with Gasteiger partial charge in [0, 0.05) is 26.2 Å². The molecule has 2 rings (SSSR count). The van der Waals surface area contributed by atoms with Crippen molar-refractivity contribution in [2.75, 3.05) is 39.3 Å². The topological polar surface area (TPSA) is 35.5 Å². The molecule has 0 aromatic rings. The maximum absolute atomic E-state index is 9.27. The molecule has 0 radical (unpaired) electrons. The molecule has 2 fully saturated rings. The standard InChI is InChI=1S/C15H30N2O.ClH/c1-15(7-8-16-12-15)13-17(9-10-18)11-14-5-3-2-4-6-14;/h14,16,18H,2-13H2,1H3;1H. The molecule has 1 atom stereocenters. The molecule has 2 aliphatic rings. The van der Waals surface area contributed by atoms with Gasteiger partial charge in [-0.1, -0.05) is 26.2 Å². The molecule has 19 heavy (non-hydrogen) atoms. The van der Waals surface area contributed by atoms with Gasteiger partial charge in [0.2, 0.25) is 0 Å². The lowest BCUT2D eigenvalue weighted by atomic mass is 9.86. The van der Waals surface area contributed by atoms with E-state index < -0.39 is 0 Å². The zero-order chi connectivity index (χ0) is 12.8. The highest BCUT2D eigenvalue weighted by Gasteiger charge is 2.31. The molecular formula is C15H31ClN2O. The smallest absolute Gasteiger partial charge is 0.0558 e. The van der Waals surface area contributed by atoms with Crippen LogP contribution in [0.5, 0.6) is 0 Å². The van der Waals surface area contributed by atoms with Crippen molar-refractivity contribution in [3.05, 3.63) is 0 Å². The van der Waals surface area contributed by atoms with Crippen LogP contribution in [0.1, 0.15) is 45.4 Å². The molecule has 0 aromatic heterocycles. The zero-order valence-corrected chi connectivity index (χ0v) is 13.2. The predicted molar refractivity (Wildman–Crippen MR) is 82.9 cm³/mol. The van der Waals surface area contributed by atoms with Gasteiger partial charge >= 0.3 is 0 Å². The molecule has 1 saturated heterocycles. The molecule has 3 nitrogen and oxygen atoms in total. The van der Waals surface area contributed by atoms with Crippen molar-refractivity contribution in [2.45, 2.75) is 45.4 Å². The van der Waals surface area contributed by atoms with Crippen LogP contribution >= 0.6 is 12.4 Å². The van der Waals surface area contributed by atoms with E-state index in [1.54, 1.807) is 0 Å². The zero-order valence-electron chi connectivity index (χ0n) is 12.4. The highest BCUT2D eigenvalue weighted by molar-refractivity contribution is 5.85. The number of aliphatic hydroxyl groups is 1. The summed E-state index contributed by atoms with van der Waals surface area (Å²) in [5, 5.41) is 12.7. The largest absolute Gasteiger partial charge is 0.395 e. The van der Waals surface area contributed by atoms with E-state index in [4.69, 9.17) is 0 Å². The second-order valence-corrected chi connectivity index (χ2v) is 6.70. The first-order chi connectivity index (χ1) is 8.72. The Hall–Kier alpha value is 0.170. The summed E-state index contributed by atoms with van der Waals surface area (Å²) in [4.78, 5) is 2.52. The average Bonchev–Trinajstić information content (AvgIpc) is 2.77. The molecular weight excluding hydrogens is 260 g/mol. The van der Waals surface area contributed by atoms with Crippen LogP contribution in [0.25, 0.3) is 0 Å². The van der Waals surface area contributed by atoms with Gasteiger partial charge in [0.15, 0.2) is 0 Å². The molecule has 0 aromatic carbocycles. The quantitative estimate of drug-likeness (QED) is 0.788. The lowest BCUT2D eigenvalue weighted by Crippen LogP contribution is -2.41. The Bertz CT molecular complexity index is 238. The molecule has 0 amide bonds. The SMILES string of the molecule is CC1(CN(CCO)CC2CCCCC2)CCNC1.Cl. The van der Waals surface area contributed by atoms with Crippen molar-refractivity contribution < 1.29 is 5.11 Å². The summed E-state index contributed by atoms with van der Waals surface area (Å²) in [5.74, 6) is 0.878. The van der Waals surface area contributed by atoms with Gasteiger partial charge in [-0.05, 0) is 37.1 Å². The highest BCUT2D eigenvalue weighted by atomic mass is 35.5. The minimum Gasteiger partial charge on any atom is -0.395 e. The number of rotatable bonds is 6. The van der Waals surface area contributed by atoms with Crippen molar-refractivity contribution in [1.29, 1.82) is 0 Å². The summed E-state index contributed by atoms with van der Waals surface area (Å²) in [7, 11) is 0. The third kappa shape index (κ3) is 5.58. The van der Waals surface area contributed by atoms with Crippen molar-refractivity contribution in [3.8, 4) is 0 Å². The molecule has 1 aliphatic heterocycles. The van der Waals surface area contributed by atoms with E-state index in [2.05, 4.69) is 17.1 Å². The van der Waals surface area contributed by atoms with Gasteiger partial charge < -0.3 is 15.3 Å². The monoisotopic (exact) mass is 290 g/mol. The first-order valence-electron chi connectivity index (χ1n) is 7.76. The van der Waals surface area contributed by atoms with E-state index in [0.717, 1.165) is 32.1 Å². The summed E-state index contributed by atoms with van der Waals surface area (Å²) in [6.07, 6.45) is 8.33. The van der Waals surface area contributed by atoms with E-state index in [0.29, 0.717) is 12.0 Å². The van der Waals surface area contributed by atoms with Gasteiger partial charge in [0.05, 0.1) is 6.61 Å². The van der Waals surface area contributed by atoms with Crippen LogP contribution in [0.15, 0.2) is 0 Å². The molecule has 1 saturated carbocycles. The van der Waals surface area contributed by atoms with E-state index in [9.17, 15) is 5.11 Å². The molecule has 0 bridgehead atoms. The minimum absolute atomic E-state index is 0. The first kappa shape index (κ1) is 17.2. The summed E-state index contributed by atoms with van der Waals surface area (Å²) >= 11 is 0. The second-order valence-electron chi connectivity index (χ2n) is 6.70. The Morgan fingerprint density at radius 1 is 1.26 bits per heavy atom. The maximum atomic E-state index is 9.27. The van der Waals surface area contributed by atoms with E-state index >= 15 is 0 Å². The number of halogens is 1. The maximum Gasteiger partial charge on any atom is 0.0558 e. The molecule has 1 unspecified atom stereocenters. The summed E-state index contributed by atoms with van der Waals surface area (Å²) < 4.78 is 0. The minimum atomic E-state index is 0. The van der Waals surface area contributed by atoms with Crippen LogP contribution in [-0.4, -0.2) is 49.3 Å². The van der Waals surface area contributed by atoms with E-state index in [-0.39, 0.29) is 12.4 Å².